The molecule has 21 heavy (non-hydrogen) atoms. The molecular weight excluding hydrogens is 275 g/mol. The molecule has 0 saturated carbocycles. The van der Waals surface area contributed by atoms with Crippen LogP contribution in [0.4, 0.5) is 10.1 Å². The Morgan fingerprint density at radius 3 is 2.71 bits per heavy atom. The zero-order valence-electron chi connectivity index (χ0n) is 10.7. The number of benzene rings is 2. The molecule has 0 aliphatic carbocycles. The second kappa shape index (κ2) is 5.84. The van der Waals surface area contributed by atoms with E-state index in [9.17, 15) is 19.6 Å². The smallest absolute Gasteiger partial charge is 0.276 e. The molecular formula is C15H9FN2O3. The van der Waals surface area contributed by atoms with E-state index in [-0.39, 0.29) is 22.6 Å². The van der Waals surface area contributed by atoms with Gasteiger partial charge in [-0.2, -0.15) is 5.26 Å². The number of nitro benzene ring substituents is 1. The molecule has 0 saturated heterocycles. The molecule has 0 spiro atoms. The molecule has 0 aliphatic rings. The second-order valence-corrected chi connectivity index (χ2v) is 4.18. The average Bonchev–Trinajstić information content (AvgIpc) is 2.44. The van der Waals surface area contributed by atoms with Crippen molar-refractivity contribution in [2.45, 2.75) is 0 Å². The summed E-state index contributed by atoms with van der Waals surface area (Å²) in [7, 11) is 0. The maximum Gasteiger partial charge on any atom is 0.276 e. The lowest BCUT2D eigenvalue weighted by atomic mass is 10.0. The van der Waals surface area contributed by atoms with Crippen molar-refractivity contribution in [1.82, 2.24) is 0 Å². The molecule has 0 fully saturated rings. The monoisotopic (exact) mass is 284 g/mol. The van der Waals surface area contributed by atoms with Gasteiger partial charge in [0.05, 0.1) is 22.1 Å². The lowest BCUT2D eigenvalue weighted by molar-refractivity contribution is -0.385. The van der Waals surface area contributed by atoms with Gasteiger partial charge in [-0.25, -0.2) is 4.39 Å². The molecule has 2 aromatic carbocycles. The highest BCUT2D eigenvalue weighted by Crippen LogP contribution is 2.27. The van der Waals surface area contributed by atoms with Gasteiger partial charge >= 0.3 is 0 Å². The fourth-order valence-corrected chi connectivity index (χ4v) is 1.82. The van der Waals surface area contributed by atoms with Crippen LogP contribution < -0.4 is 0 Å². The first-order valence-corrected chi connectivity index (χ1v) is 5.86. The number of nitrogens with zero attached hydrogens (tertiary/aromatic N) is 2. The Morgan fingerprint density at radius 1 is 1.33 bits per heavy atom. The van der Waals surface area contributed by atoms with Gasteiger partial charge in [-0.1, -0.05) is 12.1 Å². The first-order valence-electron chi connectivity index (χ1n) is 5.86. The number of aromatic hydroxyl groups is 1. The summed E-state index contributed by atoms with van der Waals surface area (Å²) in [4.78, 5) is 10.3. The number of nitro groups is 1. The van der Waals surface area contributed by atoms with E-state index < -0.39 is 10.7 Å². The number of allylic oxidation sites excluding steroid dienone is 1. The van der Waals surface area contributed by atoms with Crippen molar-refractivity contribution >= 4 is 17.3 Å². The zero-order valence-corrected chi connectivity index (χ0v) is 10.7. The van der Waals surface area contributed by atoms with Crippen molar-refractivity contribution in [3.63, 3.8) is 0 Å². The first kappa shape index (κ1) is 14.2. The van der Waals surface area contributed by atoms with Gasteiger partial charge in [0.1, 0.15) is 11.6 Å². The van der Waals surface area contributed by atoms with Gasteiger partial charge in [-0.3, -0.25) is 10.1 Å². The summed E-state index contributed by atoms with van der Waals surface area (Å²) >= 11 is 0. The summed E-state index contributed by atoms with van der Waals surface area (Å²) in [6, 6.07) is 10.7. The fraction of sp³-hybridized carbons (Fsp3) is 0. The minimum Gasteiger partial charge on any atom is -0.508 e. The molecule has 2 aromatic rings. The van der Waals surface area contributed by atoms with E-state index in [4.69, 9.17) is 5.26 Å². The fourth-order valence-electron chi connectivity index (χ4n) is 1.82. The Morgan fingerprint density at radius 2 is 2.10 bits per heavy atom. The minimum atomic E-state index is -0.619. The number of nitriles is 1. The van der Waals surface area contributed by atoms with Crippen LogP contribution >= 0.6 is 0 Å². The van der Waals surface area contributed by atoms with Crippen LogP contribution in [-0.4, -0.2) is 10.0 Å². The van der Waals surface area contributed by atoms with Crippen molar-refractivity contribution in [3.05, 3.63) is 69.5 Å². The van der Waals surface area contributed by atoms with Crippen LogP contribution in [0.1, 0.15) is 11.1 Å². The molecule has 0 atom stereocenters. The highest BCUT2D eigenvalue weighted by molar-refractivity contribution is 5.91. The summed E-state index contributed by atoms with van der Waals surface area (Å²) in [5, 5.41) is 29.5. The predicted molar refractivity (Wildman–Crippen MR) is 74.6 cm³/mol. The molecule has 2 rings (SSSR count). The molecule has 0 amide bonds. The molecule has 1 N–H and O–H groups in total. The van der Waals surface area contributed by atoms with E-state index >= 15 is 0 Å². The lowest BCUT2D eigenvalue weighted by Crippen LogP contribution is -1.92. The molecule has 6 heteroatoms. The van der Waals surface area contributed by atoms with Crippen molar-refractivity contribution < 1.29 is 14.4 Å². The van der Waals surface area contributed by atoms with Crippen LogP contribution in [-0.2, 0) is 0 Å². The van der Waals surface area contributed by atoms with Crippen molar-refractivity contribution in [2.75, 3.05) is 0 Å². The van der Waals surface area contributed by atoms with Crippen LogP contribution in [0.3, 0.4) is 0 Å². The summed E-state index contributed by atoms with van der Waals surface area (Å²) in [5.74, 6) is -0.678. The molecule has 5 nitrogen and oxygen atoms in total. The van der Waals surface area contributed by atoms with Gasteiger partial charge in [-0.05, 0) is 35.9 Å². The second-order valence-electron chi connectivity index (χ2n) is 4.18. The van der Waals surface area contributed by atoms with E-state index in [0.29, 0.717) is 5.56 Å². The lowest BCUT2D eigenvalue weighted by Gasteiger charge is -2.02. The van der Waals surface area contributed by atoms with Gasteiger partial charge in [-0.15, -0.1) is 0 Å². The van der Waals surface area contributed by atoms with E-state index in [1.807, 2.05) is 6.07 Å². The highest BCUT2D eigenvalue weighted by atomic mass is 19.1. The van der Waals surface area contributed by atoms with Crippen molar-refractivity contribution in [3.8, 4) is 11.8 Å². The minimum absolute atomic E-state index is 0.0585. The Labute approximate surface area is 119 Å². The predicted octanol–water partition coefficient (Wildman–Crippen LogP) is 3.50. The maximum atomic E-state index is 13.2. The highest BCUT2D eigenvalue weighted by Gasteiger charge is 2.14. The van der Waals surface area contributed by atoms with Crippen LogP contribution in [0.15, 0.2) is 42.5 Å². The largest absolute Gasteiger partial charge is 0.508 e. The number of hydrogen-bond donors (Lipinski definition) is 1. The summed E-state index contributed by atoms with van der Waals surface area (Å²) < 4.78 is 13.2. The topological polar surface area (TPSA) is 87.2 Å². The van der Waals surface area contributed by atoms with Gasteiger partial charge < -0.3 is 5.11 Å². The number of hydrogen-bond acceptors (Lipinski definition) is 4. The number of rotatable bonds is 3. The first-order chi connectivity index (χ1) is 10.0. The van der Waals surface area contributed by atoms with Crippen LogP contribution in [0.2, 0.25) is 0 Å². The van der Waals surface area contributed by atoms with Crippen LogP contribution in [0.25, 0.3) is 11.6 Å². The molecule has 0 unspecified atom stereocenters. The Kier molecular flexibility index (Phi) is 3.95. The summed E-state index contributed by atoms with van der Waals surface area (Å²) in [6.45, 7) is 0. The van der Waals surface area contributed by atoms with E-state index in [1.54, 1.807) is 0 Å². The van der Waals surface area contributed by atoms with Gasteiger partial charge in [0, 0.05) is 6.07 Å². The van der Waals surface area contributed by atoms with Gasteiger partial charge in [0.15, 0.2) is 0 Å². The average molecular weight is 284 g/mol. The molecule has 0 radical (unpaired) electrons. The molecule has 0 heterocycles. The Hall–Kier alpha value is -3.20. The Balaban J connectivity index is 2.58. The zero-order chi connectivity index (χ0) is 15.4. The quantitative estimate of drug-likeness (QED) is 0.404. The van der Waals surface area contributed by atoms with E-state index in [1.165, 1.54) is 36.4 Å². The Bertz CT molecular complexity index is 779. The van der Waals surface area contributed by atoms with E-state index in [0.717, 1.165) is 12.1 Å². The maximum absolute atomic E-state index is 13.2. The third kappa shape index (κ3) is 3.22. The third-order valence-corrected chi connectivity index (χ3v) is 2.76. The summed E-state index contributed by atoms with van der Waals surface area (Å²) in [6.07, 6.45) is 1.24. The molecule has 0 aromatic heterocycles. The van der Waals surface area contributed by atoms with Crippen molar-refractivity contribution in [2.24, 2.45) is 0 Å². The number of phenols is 1. The molecule has 0 bridgehead atoms. The SMILES string of the molecule is N#C/C(=C/c1cc(O)ccc1[N+](=O)[O-])c1cccc(F)c1. The third-order valence-electron chi connectivity index (χ3n) is 2.76. The normalized spacial score (nSPS) is 11.0. The molecule has 0 aliphatic heterocycles. The van der Waals surface area contributed by atoms with Crippen LogP contribution in [0.5, 0.6) is 5.75 Å². The van der Waals surface area contributed by atoms with E-state index in [2.05, 4.69) is 0 Å². The molecule has 104 valence electrons. The standard InChI is InChI=1S/C15H9FN2O3/c16-13-3-1-2-10(7-13)12(9-17)6-11-8-14(19)4-5-15(11)18(20)21/h1-8,19H/b12-6-. The summed E-state index contributed by atoms with van der Waals surface area (Å²) in [5.41, 5.74) is 0.177. The van der Waals surface area contributed by atoms with Gasteiger partial charge in [0.2, 0.25) is 0 Å². The number of phenolic OH excluding ortho intramolecular Hbond substituents is 1. The number of halogens is 1. The van der Waals surface area contributed by atoms with Crippen LogP contribution in [0, 0.1) is 27.3 Å². The van der Waals surface area contributed by atoms with Gasteiger partial charge in [0.25, 0.3) is 5.69 Å². The van der Waals surface area contributed by atoms with Crippen molar-refractivity contribution in [1.29, 1.82) is 5.26 Å².